The van der Waals surface area contributed by atoms with Crippen LogP contribution in [0.4, 0.5) is 18.9 Å². The predicted molar refractivity (Wildman–Crippen MR) is 119 cm³/mol. The van der Waals surface area contributed by atoms with E-state index >= 15 is 0 Å². The Balaban J connectivity index is 1.40. The van der Waals surface area contributed by atoms with Crippen LogP contribution in [0.1, 0.15) is 22.3 Å². The normalized spacial score (nSPS) is 15.7. The molecule has 4 heterocycles. The van der Waals surface area contributed by atoms with Crippen LogP contribution in [0, 0.1) is 5.82 Å². The number of benzene rings is 1. The van der Waals surface area contributed by atoms with Gasteiger partial charge in [0.15, 0.2) is 0 Å². The second-order valence-electron chi connectivity index (χ2n) is 8.21. The molecule has 5 rings (SSSR count). The topological polar surface area (TPSA) is 73.9 Å². The molecule has 1 amide bonds. The van der Waals surface area contributed by atoms with Crippen molar-refractivity contribution in [2.24, 2.45) is 0 Å². The largest absolute Gasteiger partial charge is 0.360 e. The number of pyridine rings is 2. The van der Waals surface area contributed by atoms with Gasteiger partial charge < -0.3 is 10.3 Å². The molecule has 9 heteroatoms. The molecule has 1 fully saturated rings. The number of halogens is 3. The molecule has 1 aliphatic rings. The number of rotatable bonds is 5. The zero-order valence-corrected chi connectivity index (χ0v) is 17.5. The van der Waals surface area contributed by atoms with Gasteiger partial charge in [0.25, 0.3) is 11.8 Å². The van der Waals surface area contributed by atoms with Crippen LogP contribution < -0.4 is 5.32 Å². The highest BCUT2D eigenvalue weighted by Crippen LogP contribution is 2.30. The van der Waals surface area contributed by atoms with Crippen molar-refractivity contribution >= 4 is 22.5 Å². The van der Waals surface area contributed by atoms with Gasteiger partial charge in [-0.25, -0.2) is 13.2 Å². The maximum absolute atomic E-state index is 13.5. The van der Waals surface area contributed by atoms with Gasteiger partial charge in [-0.05, 0) is 29.3 Å². The second kappa shape index (κ2) is 8.32. The van der Waals surface area contributed by atoms with Crippen molar-refractivity contribution in [1.82, 2.24) is 19.9 Å². The van der Waals surface area contributed by atoms with Crippen LogP contribution in [0.5, 0.6) is 0 Å². The number of carbonyl (C=O) groups is 1. The number of H-pyrrole nitrogens is 1. The molecule has 4 aromatic rings. The smallest absolute Gasteiger partial charge is 0.261 e. The Morgan fingerprint density at radius 2 is 1.94 bits per heavy atom. The fraction of sp³-hybridized carbons (Fsp3) is 0.208. The van der Waals surface area contributed by atoms with E-state index in [0.717, 1.165) is 28.4 Å². The summed E-state index contributed by atoms with van der Waals surface area (Å²) in [6, 6.07) is 8.75. The standard InChI is InChI=1S/C24H20F3N5O/c25-18-7-19(11-29-10-18)31-23(33)21-12-30-22-2-1-16(6-20(21)22)17-5-15(8-28-9-17)13-32-4-3-24(26,27)14-32/h1-2,5-12,30H,3-4,13-14H2,(H,31,33). The molecule has 33 heavy (non-hydrogen) atoms. The number of amides is 1. The first kappa shape index (κ1) is 21.1. The number of hydrogen-bond acceptors (Lipinski definition) is 4. The van der Waals surface area contributed by atoms with Crippen LogP contribution in [0.2, 0.25) is 0 Å². The maximum atomic E-state index is 13.5. The van der Waals surface area contributed by atoms with Crippen LogP contribution in [-0.2, 0) is 6.54 Å². The average molecular weight is 451 g/mol. The van der Waals surface area contributed by atoms with E-state index in [1.807, 2.05) is 24.3 Å². The molecule has 0 spiro atoms. The van der Waals surface area contributed by atoms with E-state index < -0.39 is 17.6 Å². The highest BCUT2D eigenvalue weighted by atomic mass is 19.3. The van der Waals surface area contributed by atoms with Gasteiger partial charge in [0.1, 0.15) is 5.82 Å². The van der Waals surface area contributed by atoms with E-state index in [1.165, 1.54) is 12.3 Å². The lowest BCUT2D eigenvalue weighted by Gasteiger charge is -2.15. The third-order valence-electron chi connectivity index (χ3n) is 5.67. The van der Waals surface area contributed by atoms with Crippen LogP contribution >= 0.6 is 0 Å². The van der Waals surface area contributed by atoms with E-state index in [-0.39, 0.29) is 18.7 Å². The Morgan fingerprint density at radius 1 is 1.09 bits per heavy atom. The average Bonchev–Trinajstić information content (AvgIpc) is 3.36. The molecule has 0 radical (unpaired) electrons. The summed E-state index contributed by atoms with van der Waals surface area (Å²) in [5, 5.41) is 3.35. The van der Waals surface area contributed by atoms with Crippen LogP contribution in [0.3, 0.4) is 0 Å². The Kier molecular flexibility index (Phi) is 5.33. The lowest BCUT2D eigenvalue weighted by atomic mass is 10.0. The molecule has 0 atom stereocenters. The monoisotopic (exact) mass is 451 g/mol. The van der Waals surface area contributed by atoms with Gasteiger partial charge in [0.2, 0.25) is 0 Å². The van der Waals surface area contributed by atoms with Gasteiger partial charge in [-0.15, -0.1) is 0 Å². The van der Waals surface area contributed by atoms with Crippen molar-refractivity contribution < 1.29 is 18.0 Å². The van der Waals surface area contributed by atoms with Crippen LogP contribution in [0.25, 0.3) is 22.0 Å². The maximum Gasteiger partial charge on any atom is 0.261 e. The SMILES string of the molecule is O=C(Nc1cncc(F)c1)c1c[nH]c2ccc(-c3cncc(CN4CCC(F)(F)C4)c3)cc12. The van der Waals surface area contributed by atoms with Crippen LogP contribution in [0.15, 0.2) is 61.3 Å². The Hall–Kier alpha value is -3.72. The minimum Gasteiger partial charge on any atom is -0.360 e. The molecule has 0 bridgehead atoms. The fourth-order valence-corrected chi connectivity index (χ4v) is 4.10. The summed E-state index contributed by atoms with van der Waals surface area (Å²) in [4.78, 5) is 25.6. The summed E-state index contributed by atoms with van der Waals surface area (Å²) >= 11 is 0. The number of fused-ring (bicyclic) bond motifs is 1. The molecule has 168 valence electrons. The number of nitrogens with one attached hydrogen (secondary N) is 2. The minimum atomic E-state index is -2.64. The van der Waals surface area contributed by atoms with Gasteiger partial charge in [0, 0.05) is 60.6 Å². The molecular weight excluding hydrogens is 431 g/mol. The molecule has 1 aliphatic heterocycles. The molecule has 0 unspecified atom stereocenters. The zero-order valence-electron chi connectivity index (χ0n) is 17.5. The molecule has 0 aliphatic carbocycles. The summed E-state index contributed by atoms with van der Waals surface area (Å²) < 4.78 is 40.4. The molecule has 3 aromatic heterocycles. The number of carbonyl (C=O) groups excluding carboxylic acids is 1. The zero-order chi connectivity index (χ0) is 23.0. The number of aromatic amines is 1. The van der Waals surface area contributed by atoms with Crippen molar-refractivity contribution in [1.29, 1.82) is 0 Å². The molecular formula is C24H20F3N5O. The minimum absolute atomic E-state index is 0.124. The number of likely N-dealkylation sites (tertiary alicyclic amines) is 1. The number of alkyl halides is 2. The van der Waals surface area contributed by atoms with E-state index in [2.05, 4.69) is 20.3 Å². The van der Waals surface area contributed by atoms with Crippen molar-refractivity contribution in [3.63, 3.8) is 0 Å². The molecule has 1 aromatic carbocycles. The Labute approximate surface area is 187 Å². The third-order valence-corrected chi connectivity index (χ3v) is 5.67. The summed E-state index contributed by atoms with van der Waals surface area (Å²) in [5.41, 5.74) is 3.93. The molecule has 1 saturated heterocycles. The number of anilines is 1. The summed E-state index contributed by atoms with van der Waals surface area (Å²) in [6.07, 6.45) is 7.29. The van der Waals surface area contributed by atoms with E-state index in [1.54, 1.807) is 23.5 Å². The van der Waals surface area contributed by atoms with Crippen molar-refractivity contribution in [2.45, 2.75) is 18.9 Å². The number of aromatic nitrogens is 3. The van der Waals surface area contributed by atoms with Gasteiger partial charge >= 0.3 is 0 Å². The van der Waals surface area contributed by atoms with E-state index in [9.17, 15) is 18.0 Å². The van der Waals surface area contributed by atoms with Crippen LogP contribution in [-0.4, -0.2) is 44.8 Å². The highest BCUT2D eigenvalue weighted by Gasteiger charge is 2.37. The number of hydrogen-bond donors (Lipinski definition) is 2. The highest BCUT2D eigenvalue weighted by molar-refractivity contribution is 6.13. The van der Waals surface area contributed by atoms with Gasteiger partial charge in [0.05, 0.1) is 30.2 Å². The van der Waals surface area contributed by atoms with Gasteiger partial charge in [-0.3, -0.25) is 19.7 Å². The quantitative estimate of drug-likeness (QED) is 0.455. The summed E-state index contributed by atoms with van der Waals surface area (Å²) in [7, 11) is 0. The first-order valence-electron chi connectivity index (χ1n) is 10.4. The van der Waals surface area contributed by atoms with E-state index in [4.69, 9.17) is 0 Å². The summed E-state index contributed by atoms with van der Waals surface area (Å²) in [6.45, 7) is 0.510. The second-order valence-corrected chi connectivity index (χ2v) is 8.21. The predicted octanol–water partition coefficient (Wildman–Crippen LogP) is 4.86. The summed E-state index contributed by atoms with van der Waals surface area (Å²) in [5.74, 6) is -3.57. The molecule has 2 N–H and O–H groups in total. The van der Waals surface area contributed by atoms with Crippen molar-refractivity contribution in [3.05, 3.63) is 78.3 Å². The Morgan fingerprint density at radius 3 is 2.73 bits per heavy atom. The van der Waals surface area contributed by atoms with Crippen molar-refractivity contribution in [2.75, 3.05) is 18.4 Å². The lowest BCUT2D eigenvalue weighted by molar-refractivity contribution is 0.0115. The number of nitrogens with zero attached hydrogens (tertiary/aromatic N) is 3. The lowest BCUT2D eigenvalue weighted by Crippen LogP contribution is -2.24. The van der Waals surface area contributed by atoms with Gasteiger partial charge in [-0.1, -0.05) is 6.07 Å². The van der Waals surface area contributed by atoms with Crippen molar-refractivity contribution in [3.8, 4) is 11.1 Å². The first-order valence-corrected chi connectivity index (χ1v) is 10.4. The molecule has 6 nitrogen and oxygen atoms in total. The molecule has 0 saturated carbocycles. The third kappa shape index (κ3) is 4.58. The first-order chi connectivity index (χ1) is 15.9. The van der Waals surface area contributed by atoms with Gasteiger partial charge in [-0.2, -0.15) is 0 Å². The van der Waals surface area contributed by atoms with E-state index in [0.29, 0.717) is 24.0 Å². The fourth-order valence-electron chi connectivity index (χ4n) is 4.10. The Bertz CT molecular complexity index is 1340.